The van der Waals surface area contributed by atoms with Crippen LogP contribution in [-0.4, -0.2) is 53.9 Å². The van der Waals surface area contributed by atoms with Crippen LogP contribution >= 0.6 is 11.3 Å². The number of nitrogens with zero attached hydrogens (tertiary/aromatic N) is 3. The molecule has 0 spiro atoms. The fourth-order valence-corrected chi connectivity index (χ4v) is 2.79. The molecule has 0 aliphatic carbocycles. The van der Waals surface area contributed by atoms with Crippen LogP contribution in [0.5, 0.6) is 0 Å². The number of hydrogen-bond donors (Lipinski definition) is 0. The maximum absolute atomic E-state index is 12.1. The first-order valence-corrected chi connectivity index (χ1v) is 6.37. The molecular formula is C11H17N3OS. The highest BCUT2D eigenvalue weighted by Gasteiger charge is 2.34. The number of aromatic nitrogens is 1. The van der Waals surface area contributed by atoms with E-state index in [1.54, 1.807) is 5.51 Å². The van der Waals surface area contributed by atoms with Crippen LogP contribution in [0, 0.1) is 5.92 Å². The number of carbonyl (C=O) groups excluding carboxylic acids is 1. The van der Waals surface area contributed by atoms with E-state index in [1.807, 2.05) is 10.3 Å². The highest BCUT2D eigenvalue weighted by molar-refractivity contribution is 7.07. The Hall–Kier alpha value is -0.940. The van der Waals surface area contributed by atoms with Gasteiger partial charge in [-0.25, -0.2) is 4.98 Å². The van der Waals surface area contributed by atoms with Crippen molar-refractivity contribution >= 4 is 17.2 Å². The maximum Gasteiger partial charge on any atom is 0.273 e. The van der Waals surface area contributed by atoms with Crippen molar-refractivity contribution in [3.05, 3.63) is 16.6 Å². The highest BCUT2D eigenvalue weighted by atomic mass is 32.1. The molecule has 2 rings (SSSR count). The number of rotatable bonds is 2. The van der Waals surface area contributed by atoms with Crippen LogP contribution in [0.2, 0.25) is 0 Å². The Morgan fingerprint density at radius 3 is 2.81 bits per heavy atom. The molecule has 0 radical (unpaired) electrons. The average molecular weight is 239 g/mol. The van der Waals surface area contributed by atoms with E-state index in [2.05, 4.69) is 30.9 Å². The van der Waals surface area contributed by atoms with E-state index in [9.17, 15) is 4.79 Å². The summed E-state index contributed by atoms with van der Waals surface area (Å²) in [5.41, 5.74) is 2.28. The Labute approximate surface area is 99.9 Å². The van der Waals surface area contributed by atoms with Gasteiger partial charge in [0, 0.05) is 24.5 Å². The first kappa shape index (κ1) is 11.5. The van der Waals surface area contributed by atoms with E-state index >= 15 is 0 Å². The minimum absolute atomic E-state index is 0.0671. The fraction of sp³-hybridized carbons (Fsp3) is 0.636. The van der Waals surface area contributed by atoms with Crippen molar-refractivity contribution < 1.29 is 4.79 Å². The molecule has 1 aromatic rings. The van der Waals surface area contributed by atoms with Crippen molar-refractivity contribution in [3.8, 4) is 0 Å². The number of carbonyl (C=O) groups is 1. The lowest BCUT2D eigenvalue weighted by molar-refractivity contribution is 0.0776. The molecule has 2 unspecified atom stereocenters. The molecule has 88 valence electrons. The van der Waals surface area contributed by atoms with Gasteiger partial charge in [-0.05, 0) is 20.0 Å². The van der Waals surface area contributed by atoms with E-state index in [-0.39, 0.29) is 5.91 Å². The van der Waals surface area contributed by atoms with Crippen LogP contribution in [0.25, 0.3) is 0 Å². The van der Waals surface area contributed by atoms with Crippen LogP contribution in [0.4, 0.5) is 0 Å². The summed E-state index contributed by atoms with van der Waals surface area (Å²) in [6.07, 6.45) is 0. The van der Waals surface area contributed by atoms with E-state index in [1.165, 1.54) is 11.3 Å². The summed E-state index contributed by atoms with van der Waals surface area (Å²) >= 11 is 1.47. The van der Waals surface area contributed by atoms with Gasteiger partial charge in [0.15, 0.2) is 0 Å². The van der Waals surface area contributed by atoms with Gasteiger partial charge in [-0.2, -0.15) is 0 Å². The normalized spacial score (nSPS) is 25.4. The zero-order valence-electron chi connectivity index (χ0n) is 9.88. The summed E-state index contributed by atoms with van der Waals surface area (Å²) < 4.78 is 0. The van der Waals surface area contributed by atoms with Gasteiger partial charge in [-0.3, -0.25) is 4.79 Å². The second-order valence-corrected chi connectivity index (χ2v) is 5.31. The summed E-state index contributed by atoms with van der Waals surface area (Å²) in [5, 5.41) is 1.82. The molecule has 1 aliphatic rings. The van der Waals surface area contributed by atoms with Crippen molar-refractivity contribution in [2.45, 2.75) is 13.0 Å². The third-order valence-electron chi connectivity index (χ3n) is 3.17. The summed E-state index contributed by atoms with van der Waals surface area (Å²) in [5.74, 6) is 0.593. The van der Waals surface area contributed by atoms with Crippen molar-refractivity contribution in [1.82, 2.24) is 14.8 Å². The Bertz CT molecular complexity index is 363. The highest BCUT2D eigenvalue weighted by Crippen LogP contribution is 2.21. The minimum Gasteiger partial charge on any atom is -0.335 e. The average Bonchev–Trinajstić information content (AvgIpc) is 2.84. The topological polar surface area (TPSA) is 36.4 Å². The van der Waals surface area contributed by atoms with Gasteiger partial charge in [0.2, 0.25) is 0 Å². The van der Waals surface area contributed by atoms with Crippen LogP contribution in [0.3, 0.4) is 0 Å². The van der Waals surface area contributed by atoms with Crippen molar-refractivity contribution in [1.29, 1.82) is 0 Å². The predicted octanol–water partition coefficient (Wildman–Crippen LogP) is 1.17. The Morgan fingerprint density at radius 2 is 2.31 bits per heavy atom. The number of likely N-dealkylation sites (N-methyl/N-ethyl adjacent to an activating group) is 1. The van der Waals surface area contributed by atoms with E-state index in [4.69, 9.17) is 0 Å². The first-order valence-electron chi connectivity index (χ1n) is 5.43. The van der Waals surface area contributed by atoms with E-state index in [0.29, 0.717) is 17.7 Å². The van der Waals surface area contributed by atoms with Crippen LogP contribution in [-0.2, 0) is 0 Å². The number of amides is 1. The molecule has 0 N–H and O–H groups in total. The lowest BCUT2D eigenvalue weighted by atomic mass is 10.1. The van der Waals surface area contributed by atoms with Crippen molar-refractivity contribution in [2.24, 2.45) is 5.92 Å². The largest absolute Gasteiger partial charge is 0.335 e. The van der Waals surface area contributed by atoms with Gasteiger partial charge in [-0.1, -0.05) is 6.92 Å². The minimum atomic E-state index is 0.0671. The summed E-state index contributed by atoms with van der Waals surface area (Å²) in [6.45, 7) is 3.84. The van der Waals surface area contributed by atoms with Gasteiger partial charge in [0.05, 0.1) is 5.51 Å². The lowest BCUT2D eigenvalue weighted by Crippen LogP contribution is -2.35. The Morgan fingerprint density at radius 1 is 1.56 bits per heavy atom. The molecule has 1 fully saturated rings. The number of likely N-dealkylation sites (tertiary alicyclic amines) is 1. The zero-order chi connectivity index (χ0) is 11.7. The zero-order valence-corrected chi connectivity index (χ0v) is 10.7. The third kappa shape index (κ3) is 2.10. The van der Waals surface area contributed by atoms with E-state index in [0.717, 1.165) is 13.1 Å². The summed E-state index contributed by atoms with van der Waals surface area (Å²) in [4.78, 5) is 20.2. The molecule has 0 saturated carbocycles. The van der Waals surface area contributed by atoms with Crippen LogP contribution in [0.15, 0.2) is 10.9 Å². The standard InChI is InChI=1S/C11H17N3OS/c1-8-4-14(5-10(8)13(2)3)11(15)9-6-16-7-12-9/h6-8,10H,4-5H2,1-3H3. The third-order valence-corrected chi connectivity index (χ3v) is 3.76. The predicted molar refractivity (Wildman–Crippen MR) is 64.7 cm³/mol. The smallest absolute Gasteiger partial charge is 0.273 e. The van der Waals surface area contributed by atoms with Crippen LogP contribution < -0.4 is 0 Å². The molecule has 2 atom stereocenters. The van der Waals surface area contributed by atoms with Gasteiger partial charge in [-0.15, -0.1) is 11.3 Å². The molecule has 1 amide bonds. The van der Waals surface area contributed by atoms with Gasteiger partial charge >= 0.3 is 0 Å². The number of hydrogen-bond acceptors (Lipinski definition) is 4. The second kappa shape index (κ2) is 4.51. The van der Waals surface area contributed by atoms with E-state index < -0.39 is 0 Å². The Balaban J connectivity index is 2.06. The molecule has 1 aliphatic heterocycles. The molecule has 5 heteroatoms. The molecular weight excluding hydrogens is 222 g/mol. The lowest BCUT2D eigenvalue weighted by Gasteiger charge is -2.22. The molecule has 0 bridgehead atoms. The SMILES string of the molecule is CC1CN(C(=O)c2cscn2)CC1N(C)C. The monoisotopic (exact) mass is 239 g/mol. The summed E-state index contributed by atoms with van der Waals surface area (Å²) in [7, 11) is 4.13. The molecule has 2 heterocycles. The first-order chi connectivity index (χ1) is 7.59. The maximum atomic E-state index is 12.1. The number of thiazole rings is 1. The Kier molecular flexibility index (Phi) is 3.25. The van der Waals surface area contributed by atoms with Crippen LogP contribution in [0.1, 0.15) is 17.4 Å². The fourth-order valence-electron chi connectivity index (χ4n) is 2.27. The van der Waals surface area contributed by atoms with Gasteiger partial charge < -0.3 is 9.80 Å². The molecule has 1 saturated heterocycles. The van der Waals surface area contributed by atoms with Crippen molar-refractivity contribution in [3.63, 3.8) is 0 Å². The quantitative estimate of drug-likeness (QED) is 0.777. The molecule has 0 aromatic carbocycles. The second-order valence-electron chi connectivity index (χ2n) is 4.59. The van der Waals surface area contributed by atoms with Crippen molar-refractivity contribution in [2.75, 3.05) is 27.2 Å². The van der Waals surface area contributed by atoms with Gasteiger partial charge in [0.25, 0.3) is 5.91 Å². The molecule has 4 nitrogen and oxygen atoms in total. The molecule has 1 aromatic heterocycles. The van der Waals surface area contributed by atoms with Gasteiger partial charge in [0.1, 0.15) is 5.69 Å². The molecule has 16 heavy (non-hydrogen) atoms. The summed E-state index contributed by atoms with van der Waals surface area (Å²) in [6, 6.07) is 0.461.